The number of hydrogen-bond donors (Lipinski definition) is 0. The molecule has 2 aromatic carbocycles. The average molecular weight is 1030 g/mol. The molecule has 8 aromatic heterocycles. The minimum Gasteiger partial charge on any atom is -0.361 e. The second kappa shape index (κ2) is 24.5. The molecule has 0 aliphatic heterocycles. The van der Waals surface area contributed by atoms with E-state index >= 15 is 0 Å². The molecule has 0 aliphatic rings. The fourth-order valence-electron chi connectivity index (χ4n) is 7.40. The van der Waals surface area contributed by atoms with Gasteiger partial charge < -0.3 is 18.2 Å². The first-order valence-corrected chi connectivity index (χ1v) is 25.2. The van der Waals surface area contributed by atoms with Gasteiger partial charge in [-0.25, -0.2) is 29.9 Å². The van der Waals surface area contributed by atoms with E-state index < -0.39 is 23.1 Å². The summed E-state index contributed by atoms with van der Waals surface area (Å²) in [6, 6.07) is 28.8. The fraction of sp³-hybridized carbons (Fsp3) is 0.184. The van der Waals surface area contributed by atoms with Gasteiger partial charge in [-0.1, -0.05) is 81.8 Å². The minimum absolute atomic E-state index is 0.541. The summed E-state index contributed by atoms with van der Waals surface area (Å²) in [5, 5.41) is 12.3. The maximum atomic E-state index is 8.29. The number of para-hydroxylation sites is 2. The molecule has 16 nitrogen and oxygen atoms in total. The number of aryl methyl sites for hydroxylation is 7. The van der Waals surface area contributed by atoms with E-state index in [9.17, 15) is 0 Å². The Balaban J connectivity index is 0.000000180. The Morgan fingerprint density at radius 3 is 1.41 bits per heavy atom. The van der Waals surface area contributed by atoms with Crippen LogP contribution in [-0.4, -0.2) is 78.7 Å². The first-order valence-electron chi connectivity index (χ1n) is 21.0. The van der Waals surface area contributed by atoms with Gasteiger partial charge in [-0.15, -0.1) is 0 Å². The monoisotopic (exact) mass is 1030 g/mol. The Morgan fingerprint density at radius 2 is 0.957 bits per heavy atom. The second-order valence-electron chi connectivity index (χ2n) is 15.2. The molecule has 0 amide bonds. The molecule has 358 valence electrons. The maximum Gasteiger partial charge on any atom is 0.335 e. The number of halogens is 1. The van der Waals surface area contributed by atoms with Crippen LogP contribution in [0.5, 0.6) is 0 Å². The highest BCUT2D eigenvalue weighted by atomic mass is 35.5. The predicted molar refractivity (Wildman–Crippen MR) is 276 cm³/mol. The van der Waals surface area contributed by atoms with Crippen molar-refractivity contribution in [1.82, 2.24) is 49.4 Å². The lowest BCUT2D eigenvalue weighted by molar-refractivity contribution is 0.393. The van der Waals surface area contributed by atoms with Crippen LogP contribution in [0.3, 0.4) is 0 Å². The van der Waals surface area contributed by atoms with E-state index in [1.54, 1.807) is 6.20 Å². The van der Waals surface area contributed by atoms with Crippen molar-refractivity contribution in [2.24, 2.45) is 0 Å². The van der Waals surface area contributed by atoms with Gasteiger partial charge in [-0.3, -0.25) is 0 Å². The zero-order valence-electron chi connectivity index (χ0n) is 39.3. The summed E-state index contributed by atoms with van der Waals surface area (Å²) in [7, 11) is 0. The molecule has 0 aliphatic carbocycles. The maximum absolute atomic E-state index is 8.29. The summed E-state index contributed by atoms with van der Waals surface area (Å²) in [5.41, 5.74) is 14.4. The van der Waals surface area contributed by atoms with Crippen molar-refractivity contribution in [3.8, 4) is 45.1 Å². The Morgan fingerprint density at radius 1 is 0.514 bits per heavy atom. The van der Waals surface area contributed by atoms with Crippen LogP contribution in [0.4, 0.5) is 0 Å². The van der Waals surface area contributed by atoms with Crippen molar-refractivity contribution in [2.75, 3.05) is 12.5 Å². The molecule has 21 heteroatoms. The fourth-order valence-corrected chi connectivity index (χ4v) is 8.26. The molecule has 8 heterocycles. The lowest BCUT2D eigenvalue weighted by atomic mass is 10.1. The van der Waals surface area contributed by atoms with Crippen LogP contribution < -0.4 is 0 Å². The van der Waals surface area contributed by atoms with Crippen LogP contribution in [0, 0.1) is 48.5 Å². The number of benzene rings is 2. The molecule has 10 rings (SSSR count). The molecule has 0 bridgehead atoms. The Bertz CT molecular complexity index is 3430. The van der Waals surface area contributed by atoms with Gasteiger partial charge in [0.1, 0.15) is 28.0 Å². The molecule has 0 spiro atoms. The topological polar surface area (TPSA) is 208 Å². The van der Waals surface area contributed by atoms with E-state index in [1.165, 1.54) is 29.1 Å². The zero-order chi connectivity index (χ0) is 50.5. The SMILES string of the molecule is CSc1ncc(C)c(-c2cn(-c3ccccc3)c3nc(-c4c(C)noc4C)ccc23)n1.CSc1ncc(C)c(Cl)n1.Cc1noc(C)c1-c1ccc2c(C)cn(-c3ccccc3)c2n1.O=S=O.O=S=O. The normalized spacial score (nSPS) is 10.5. The molecule has 0 fully saturated rings. The van der Waals surface area contributed by atoms with E-state index in [1.807, 2.05) is 109 Å². The third-order valence-electron chi connectivity index (χ3n) is 10.6. The summed E-state index contributed by atoms with van der Waals surface area (Å²) in [6.07, 6.45) is 11.8. The smallest absolute Gasteiger partial charge is 0.335 e. The number of fused-ring (bicyclic) bond motifs is 2. The van der Waals surface area contributed by atoms with Crippen molar-refractivity contribution in [1.29, 1.82) is 0 Å². The van der Waals surface area contributed by atoms with E-state index in [2.05, 4.69) is 90.1 Å². The molecule has 10 aromatic rings. The summed E-state index contributed by atoms with van der Waals surface area (Å²) < 4.78 is 48.1. The van der Waals surface area contributed by atoms with Gasteiger partial charge >= 0.3 is 23.1 Å². The van der Waals surface area contributed by atoms with Crippen molar-refractivity contribution >= 4 is 80.3 Å². The van der Waals surface area contributed by atoms with Crippen molar-refractivity contribution in [3.05, 3.63) is 154 Å². The van der Waals surface area contributed by atoms with E-state index in [4.69, 9.17) is 52.4 Å². The minimum atomic E-state index is -0.750. The zero-order valence-corrected chi connectivity index (χ0v) is 43.3. The summed E-state index contributed by atoms with van der Waals surface area (Å²) >= 11 is 7.25. The van der Waals surface area contributed by atoms with Crippen LogP contribution in [0.1, 0.15) is 39.6 Å². The highest BCUT2D eigenvalue weighted by molar-refractivity contribution is 7.98. The number of pyridine rings is 2. The van der Waals surface area contributed by atoms with Gasteiger partial charge in [0, 0.05) is 58.1 Å². The molecular formula is C49H45ClN10O6S4. The third kappa shape index (κ3) is 12.1. The molecule has 0 radical (unpaired) electrons. The average Bonchev–Trinajstić information content (AvgIpc) is 4.12. The van der Waals surface area contributed by atoms with Crippen molar-refractivity contribution in [3.63, 3.8) is 0 Å². The van der Waals surface area contributed by atoms with Crippen LogP contribution in [0.25, 0.3) is 67.2 Å². The number of hydrogen-bond acceptors (Lipinski definition) is 16. The van der Waals surface area contributed by atoms with Gasteiger partial charge in [0.05, 0.1) is 39.6 Å². The van der Waals surface area contributed by atoms with Crippen LogP contribution >= 0.6 is 35.1 Å². The summed E-state index contributed by atoms with van der Waals surface area (Å²) in [5.74, 6) is 1.56. The van der Waals surface area contributed by atoms with Gasteiger partial charge in [0.25, 0.3) is 0 Å². The number of nitrogens with zero attached hydrogens (tertiary/aromatic N) is 10. The number of thioether (sulfide) groups is 2. The quantitative estimate of drug-likeness (QED) is 0.0826. The first-order chi connectivity index (χ1) is 33.8. The molecule has 0 N–H and O–H groups in total. The largest absolute Gasteiger partial charge is 0.361 e. The highest BCUT2D eigenvalue weighted by Gasteiger charge is 2.20. The third-order valence-corrected chi connectivity index (χ3v) is 12.1. The molecule has 0 atom stereocenters. The van der Waals surface area contributed by atoms with Crippen LogP contribution in [-0.2, 0) is 23.1 Å². The van der Waals surface area contributed by atoms with Gasteiger partial charge in [0.15, 0.2) is 10.3 Å². The van der Waals surface area contributed by atoms with E-state index in [-0.39, 0.29) is 0 Å². The van der Waals surface area contributed by atoms with Crippen LogP contribution in [0.15, 0.2) is 129 Å². The summed E-state index contributed by atoms with van der Waals surface area (Å²) in [6.45, 7) is 13.7. The molecule has 0 unspecified atom stereocenters. The van der Waals surface area contributed by atoms with Crippen molar-refractivity contribution < 1.29 is 25.9 Å². The van der Waals surface area contributed by atoms with Crippen molar-refractivity contribution in [2.45, 2.75) is 58.8 Å². The Labute approximate surface area is 424 Å². The Kier molecular flexibility index (Phi) is 18.4. The summed E-state index contributed by atoms with van der Waals surface area (Å²) in [4.78, 5) is 27.2. The van der Waals surface area contributed by atoms with E-state index in [0.717, 1.165) is 112 Å². The van der Waals surface area contributed by atoms with E-state index in [0.29, 0.717) is 5.15 Å². The highest BCUT2D eigenvalue weighted by Crippen LogP contribution is 2.36. The second-order valence-corrected chi connectivity index (χ2v) is 17.3. The lowest BCUT2D eigenvalue weighted by Gasteiger charge is -2.06. The first kappa shape index (κ1) is 52.4. The van der Waals surface area contributed by atoms with Gasteiger partial charge in [0.2, 0.25) is 0 Å². The lowest BCUT2D eigenvalue weighted by Crippen LogP contribution is -1.95. The number of aromatic nitrogens is 10. The molecule has 0 saturated carbocycles. The Hall–Kier alpha value is -6.97. The predicted octanol–water partition coefficient (Wildman–Crippen LogP) is 11.2. The standard InChI is InChI=1S/C24H21N5OS.C19H17N3O.C6H7ClN2S.2O2S/c1-14-12-25-24(31-4)27-22(14)19-13-29(17-8-6-5-7-9-17)23-18(19)10-11-20(26-23)21-15(2)28-30-16(21)3;1-12-11-22(15-7-5-4-6-8-15)19-16(12)9-10-17(20-19)18-13(2)21-23-14(18)3;1-4-3-8-6(10-2)9-5(4)7;2*1-3-2/h5-13H,1-4H3;4-11H,1-3H3;3H,1-2H3;;. The molecule has 70 heavy (non-hydrogen) atoms. The van der Waals surface area contributed by atoms with Crippen LogP contribution in [0.2, 0.25) is 5.15 Å². The molecule has 0 saturated heterocycles. The van der Waals surface area contributed by atoms with Gasteiger partial charge in [-0.2, -0.15) is 16.8 Å². The van der Waals surface area contributed by atoms with Gasteiger partial charge in [-0.05, 0) is 121 Å². The molecular weight excluding hydrogens is 988 g/mol. The number of rotatable bonds is 7.